The molecule has 0 bridgehead atoms. The summed E-state index contributed by atoms with van der Waals surface area (Å²) in [7, 11) is 0. The van der Waals surface area contributed by atoms with Gasteiger partial charge in [0.2, 0.25) is 5.13 Å². The molecule has 2 aliphatic heterocycles. The minimum atomic E-state index is -0.622. The van der Waals surface area contributed by atoms with E-state index in [9.17, 15) is 9.59 Å². The monoisotopic (exact) mass is 465 g/mol. The first-order valence-electron chi connectivity index (χ1n) is 11.4. The molecule has 0 radical (unpaired) electrons. The fraction of sp³-hybridized carbons (Fsp3) is 0.440. The third kappa shape index (κ3) is 3.76. The molecule has 3 aliphatic rings. The highest BCUT2D eigenvalue weighted by molar-refractivity contribution is 7.15. The van der Waals surface area contributed by atoms with E-state index in [0.29, 0.717) is 23.1 Å². The summed E-state index contributed by atoms with van der Waals surface area (Å²) < 4.78 is 12.0. The number of carbonyl (C=O) groups is 2. The van der Waals surface area contributed by atoms with Crippen LogP contribution in [0.4, 0.5) is 5.13 Å². The van der Waals surface area contributed by atoms with Crippen LogP contribution in [0.25, 0.3) is 0 Å². The highest BCUT2D eigenvalue weighted by atomic mass is 32.1. The second kappa shape index (κ2) is 8.74. The van der Waals surface area contributed by atoms with Gasteiger partial charge in [-0.2, -0.15) is 0 Å². The van der Waals surface area contributed by atoms with E-state index < -0.39 is 6.04 Å². The molecule has 33 heavy (non-hydrogen) atoms. The number of carbonyl (C=O) groups excluding carboxylic acids is 2. The first-order valence-corrected chi connectivity index (χ1v) is 12.3. The van der Waals surface area contributed by atoms with Crippen LogP contribution in [0.2, 0.25) is 0 Å². The molecule has 3 unspecified atom stereocenters. The summed E-state index contributed by atoms with van der Waals surface area (Å²) in [5.74, 6) is 0.504. The third-order valence-electron chi connectivity index (χ3n) is 6.43. The van der Waals surface area contributed by atoms with Crippen LogP contribution in [0.1, 0.15) is 62.1 Å². The maximum atomic E-state index is 13.7. The van der Waals surface area contributed by atoms with Crippen molar-refractivity contribution in [3.05, 3.63) is 58.8 Å². The Hall–Kier alpha value is -3.00. The predicted octanol–water partition coefficient (Wildman–Crippen LogP) is 4.73. The van der Waals surface area contributed by atoms with Gasteiger partial charge in [-0.15, -0.1) is 10.2 Å². The zero-order chi connectivity index (χ0) is 23.1. The number of fused-ring (bicyclic) bond motifs is 1. The fourth-order valence-electron chi connectivity index (χ4n) is 4.84. The van der Waals surface area contributed by atoms with Crippen LogP contribution in [0, 0.1) is 5.92 Å². The van der Waals surface area contributed by atoms with Gasteiger partial charge in [-0.3, -0.25) is 14.5 Å². The van der Waals surface area contributed by atoms with Gasteiger partial charge in [0.25, 0.3) is 5.91 Å². The van der Waals surface area contributed by atoms with E-state index >= 15 is 0 Å². The molecule has 1 saturated carbocycles. The second-order valence-electron chi connectivity index (χ2n) is 8.98. The van der Waals surface area contributed by atoms with Crippen LogP contribution < -0.4 is 9.64 Å². The average Bonchev–Trinajstić information content (AvgIpc) is 3.42. The van der Waals surface area contributed by atoms with Crippen LogP contribution >= 0.6 is 11.3 Å². The van der Waals surface area contributed by atoms with Crippen molar-refractivity contribution in [1.82, 2.24) is 10.2 Å². The summed E-state index contributed by atoms with van der Waals surface area (Å²) in [5.41, 5.74) is 1.22. The van der Waals surface area contributed by atoms with Gasteiger partial charge in [-0.05, 0) is 37.0 Å². The molecular weight excluding hydrogens is 438 g/mol. The van der Waals surface area contributed by atoms with Crippen molar-refractivity contribution in [2.45, 2.75) is 57.6 Å². The predicted molar refractivity (Wildman–Crippen MR) is 125 cm³/mol. The molecule has 3 heterocycles. The SMILES string of the molecule is C=CCOc1cccc(C2C3=C(OC4CCCCC4C3=O)C(=O)N2c2nnc(C(C)C)s2)c1. The zero-order valence-electron chi connectivity index (χ0n) is 18.8. The van der Waals surface area contributed by atoms with Crippen LogP contribution in [-0.2, 0) is 14.3 Å². The molecular formula is C25H27N3O4S. The Labute approximate surface area is 197 Å². The molecule has 1 amide bonds. The lowest BCUT2D eigenvalue weighted by Crippen LogP contribution is -2.39. The van der Waals surface area contributed by atoms with Gasteiger partial charge in [-0.25, -0.2) is 0 Å². The molecule has 172 valence electrons. The quantitative estimate of drug-likeness (QED) is 0.574. The smallest absolute Gasteiger partial charge is 0.296 e. The number of anilines is 1. The van der Waals surface area contributed by atoms with Crippen molar-refractivity contribution in [2.75, 3.05) is 11.5 Å². The molecule has 5 rings (SSSR count). The number of hydrogen-bond donors (Lipinski definition) is 0. The maximum Gasteiger partial charge on any atom is 0.296 e. The molecule has 8 heteroatoms. The minimum Gasteiger partial charge on any atom is -0.490 e. The lowest BCUT2D eigenvalue weighted by Gasteiger charge is -2.35. The number of hydrogen-bond acceptors (Lipinski definition) is 7. The molecule has 1 fully saturated rings. The molecule has 1 aliphatic carbocycles. The number of ether oxygens (including phenoxy) is 2. The number of benzene rings is 1. The van der Waals surface area contributed by atoms with Gasteiger partial charge in [-0.1, -0.05) is 56.4 Å². The summed E-state index contributed by atoms with van der Waals surface area (Å²) in [6, 6.07) is 6.87. The Morgan fingerprint density at radius 2 is 2.09 bits per heavy atom. The van der Waals surface area contributed by atoms with E-state index in [1.54, 1.807) is 11.0 Å². The first kappa shape index (κ1) is 21.8. The molecule has 7 nitrogen and oxygen atoms in total. The summed E-state index contributed by atoms with van der Waals surface area (Å²) in [4.78, 5) is 29.0. The summed E-state index contributed by atoms with van der Waals surface area (Å²) in [5, 5.41) is 9.92. The van der Waals surface area contributed by atoms with E-state index in [1.807, 2.05) is 38.1 Å². The third-order valence-corrected chi connectivity index (χ3v) is 7.66. The van der Waals surface area contributed by atoms with Gasteiger partial charge < -0.3 is 9.47 Å². The normalized spacial score (nSPS) is 24.6. The maximum absolute atomic E-state index is 13.7. The Bertz CT molecular complexity index is 1140. The van der Waals surface area contributed by atoms with E-state index in [0.717, 1.165) is 36.3 Å². The topological polar surface area (TPSA) is 81.6 Å². The molecule has 0 saturated heterocycles. The molecule has 2 aromatic rings. The van der Waals surface area contributed by atoms with E-state index in [1.165, 1.54) is 11.3 Å². The first-order chi connectivity index (χ1) is 16.0. The van der Waals surface area contributed by atoms with Gasteiger partial charge >= 0.3 is 0 Å². The van der Waals surface area contributed by atoms with Crippen LogP contribution in [0.5, 0.6) is 5.75 Å². The number of Topliss-reactive ketones (excluding diaryl/α,β-unsaturated/α-hetero) is 1. The molecule has 0 spiro atoms. The minimum absolute atomic E-state index is 0.0211. The van der Waals surface area contributed by atoms with Crippen molar-refractivity contribution < 1.29 is 19.1 Å². The highest BCUT2D eigenvalue weighted by Gasteiger charge is 2.53. The van der Waals surface area contributed by atoms with E-state index in [2.05, 4.69) is 16.8 Å². The van der Waals surface area contributed by atoms with Crippen LogP contribution in [0.15, 0.2) is 48.3 Å². The summed E-state index contributed by atoms with van der Waals surface area (Å²) >= 11 is 1.38. The van der Waals surface area contributed by atoms with E-state index in [-0.39, 0.29) is 35.4 Å². The molecule has 1 aromatic heterocycles. The molecule has 3 atom stereocenters. The Balaban J connectivity index is 1.61. The van der Waals surface area contributed by atoms with Gasteiger partial charge in [0.1, 0.15) is 23.5 Å². The Kier molecular flexibility index (Phi) is 5.78. The molecule has 1 aromatic carbocycles. The van der Waals surface area contributed by atoms with E-state index in [4.69, 9.17) is 9.47 Å². The Morgan fingerprint density at radius 3 is 2.85 bits per heavy atom. The second-order valence-corrected chi connectivity index (χ2v) is 9.97. The molecule has 0 N–H and O–H groups in total. The summed E-state index contributed by atoms with van der Waals surface area (Å²) in [6.45, 7) is 8.13. The van der Waals surface area contributed by atoms with Crippen molar-refractivity contribution in [3.63, 3.8) is 0 Å². The van der Waals surface area contributed by atoms with Gasteiger partial charge in [0.05, 0.1) is 17.5 Å². The number of amides is 1. The fourth-order valence-corrected chi connectivity index (χ4v) is 5.72. The van der Waals surface area contributed by atoms with Crippen molar-refractivity contribution in [1.29, 1.82) is 0 Å². The number of ketones is 1. The Morgan fingerprint density at radius 1 is 1.27 bits per heavy atom. The number of aromatic nitrogens is 2. The average molecular weight is 466 g/mol. The summed E-state index contributed by atoms with van der Waals surface area (Å²) in [6.07, 6.45) is 5.05. The lowest BCUT2D eigenvalue weighted by atomic mass is 9.77. The number of rotatable bonds is 6. The van der Waals surface area contributed by atoms with Crippen molar-refractivity contribution in [2.24, 2.45) is 5.92 Å². The largest absolute Gasteiger partial charge is 0.490 e. The standard InChI is InChI=1S/C25H27N3O4S/c1-4-12-31-16-9-7-8-15(13-16)20-19-21(29)17-10-5-6-11-18(17)32-22(19)24(30)28(20)25-27-26-23(33-25)14(2)3/h4,7-9,13-14,17-18,20H,1,5-6,10-12H2,2-3H3. The van der Waals surface area contributed by atoms with Crippen LogP contribution in [-0.4, -0.2) is 34.6 Å². The van der Waals surface area contributed by atoms with Gasteiger partial charge in [0.15, 0.2) is 11.5 Å². The lowest BCUT2D eigenvalue weighted by molar-refractivity contribution is -0.131. The van der Waals surface area contributed by atoms with Gasteiger partial charge in [0, 0.05) is 5.92 Å². The highest BCUT2D eigenvalue weighted by Crippen LogP contribution is 2.49. The van der Waals surface area contributed by atoms with Crippen LogP contribution in [0.3, 0.4) is 0 Å². The van der Waals surface area contributed by atoms with Crippen molar-refractivity contribution >= 4 is 28.2 Å². The van der Waals surface area contributed by atoms with Crippen molar-refractivity contribution in [3.8, 4) is 5.75 Å². The number of nitrogens with zero attached hydrogens (tertiary/aromatic N) is 3. The zero-order valence-corrected chi connectivity index (χ0v) is 19.6.